The molecule has 15 heavy (non-hydrogen) atoms. The number of hydrogen-bond donors (Lipinski definition) is 1. The standard InChI is InChI=1S/C11H12ClNO2/c1-6(2)10-7(12)3-4-8-11(10)15-5-9(14)13-8/h3-4,6H,5H2,1-2H3,(H,13,14). The van der Waals surface area contributed by atoms with E-state index >= 15 is 0 Å². The van der Waals surface area contributed by atoms with Crippen molar-refractivity contribution in [1.82, 2.24) is 0 Å². The van der Waals surface area contributed by atoms with Crippen LogP contribution in [0.4, 0.5) is 5.69 Å². The summed E-state index contributed by atoms with van der Waals surface area (Å²) in [6, 6.07) is 3.55. The van der Waals surface area contributed by atoms with Crippen LogP contribution in [0.1, 0.15) is 25.3 Å². The molecule has 1 aromatic rings. The van der Waals surface area contributed by atoms with Crippen molar-refractivity contribution in [2.24, 2.45) is 0 Å². The molecule has 0 unspecified atom stereocenters. The van der Waals surface area contributed by atoms with Crippen molar-refractivity contribution in [1.29, 1.82) is 0 Å². The highest BCUT2D eigenvalue weighted by Crippen LogP contribution is 2.40. The summed E-state index contributed by atoms with van der Waals surface area (Å²) in [6.07, 6.45) is 0. The molecule has 1 aliphatic heterocycles. The Balaban J connectivity index is 2.55. The van der Waals surface area contributed by atoms with E-state index in [0.29, 0.717) is 16.5 Å². The van der Waals surface area contributed by atoms with E-state index in [2.05, 4.69) is 5.32 Å². The monoisotopic (exact) mass is 225 g/mol. The minimum Gasteiger partial charge on any atom is -0.481 e. The van der Waals surface area contributed by atoms with Crippen LogP contribution in [-0.2, 0) is 4.79 Å². The van der Waals surface area contributed by atoms with Crippen molar-refractivity contribution < 1.29 is 9.53 Å². The molecule has 1 aromatic carbocycles. The number of anilines is 1. The summed E-state index contributed by atoms with van der Waals surface area (Å²) >= 11 is 6.10. The number of fused-ring (bicyclic) bond motifs is 1. The van der Waals surface area contributed by atoms with Crippen molar-refractivity contribution in [2.75, 3.05) is 11.9 Å². The number of hydrogen-bond acceptors (Lipinski definition) is 2. The first-order valence-corrected chi connectivity index (χ1v) is 5.22. The summed E-state index contributed by atoms with van der Waals surface area (Å²) in [7, 11) is 0. The fourth-order valence-corrected chi connectivity index (χ4v) is 2.06. The van der Waals surface area contributed by atoms with Crippen LogP contribution in [0.2, 0.25) is 5.02 Å². The molecule has 0 atom stereocenters. The Bertz CT molecular complexity index is 415. The van der Waals surface area contributed by atoms with E-state index in [1.807, 2.05) is 13.8 Å². The van der Waals surface area contributed by atoms with Crippen LogP contribution in [0.5, 0.6) is 5.75 Å². The van der Waals surface area contributed by atoms with Gasteiger partial charge in [-0.05, 0) is 18.1 Å². The van der Waals surface area contributed by atoms with Gasteiger partial charge in [-0.3, -0.25) is 4.79 Å². The number of ether oxygens (including phenoxy) is 1. The number of nitrogens with one attached hydrogen (secondary N) is 1. The zero-order valence-corrected chi connectivity index (χ0v) is 9.39. The summed E-state index contributed by atoms with van der Waals surface area (Å²) in [6.45, 7) is 4.15. The van der Waals surface area contributed by atoms with Crippen LogP contribution >= 0.6 is 11.6 Å². The molecule has 0 saturated heterocycles. The molecule has 4 heteroatoms. The van der Waals surface area contributed by atoms with E-state index in [1.165, 1.54) is 0 Å². The maximum Gasteiger partial charge on any atom is 0.262 e. The third-order valence-corrected chi connectivity index (χ3v) is 2.67. The molecule has 0 saturated carbocycles. The number of amides is 1. The second-order valence-electron chi connectivity index (χ2n) is 3.83. The van der Waals surface area contributed by atoms with Crippen molar-refractivity contribution in [3.63, 3.8) is 0 Å². The van der Waals surface area contributed by atoms with E-state index in [9.17, 15) is 4.79 Å². The second kappa shape index (κ2) is 3.74. The summed E-state index contributed by atoms with van der Waals surface area (Å²) in [5.74, 6) is 0.846. The Labute approximate surface area is 93.4 Å². The topological polar surface area (TPSA) is 38.3 Å². The minimum atomic E-state index is -0.125. The Kier molecular flexibility index (Phi) is 2.57. The average molecular weight is 226 g/mol. The molecule has 1 N–H and O–H groups in total. The molecule has 0 spiro atoms. The SMILES string of the molecule is CC(C)c1c(Cl)ccc2c1OCC(=O)N2. The molecule has 80 valence electrons. The van der Waals surface area contributed by atoms with Crippen LogP contribution in [0, 0.1) is 0 Å². The Hall–Kier alpha value is -1.22. The lowest BCUT2D eigenvalue weighted by Gasteiger charge is -2.23. The maximum atomic E-state index is 11.1. The first-order chi connectivity index (χ1) is 7.09. The quantitative estimate of drug-likeness (QED) is 0.798. The van der Waals surface area contributed by atoms with Crippen LogP contribution in [0.25, 0.3) is 0 Å². The average Bonchev–Trinajstić information content (AvgIpc) is 2.17. The van der Waals surface area contributed by atoms with Crippen LogP contribution in [0.3, 0.4) is 0 Å². The van der Waals surface area contributed by atoms with Gasteiger partial charge in [-0.1, -0.05) is 25.4 Å². The van der Waals surface area contributed by atoms with Crippen LogP contribution in [0.15, 0.2) is 12.1 Å². The maximum absolute atomic E-state index is 11.1. The van der Waals surface area contributed by atoms with Gasteiger partial charge < -0.3 is 10.1 Å². The van der Waals surface area contributed by atoms with Crippen molar-refractivity contribution in [2.45, 2.75) is 19.8 Å². The van der Waals surface area contributed by atoms with Gasteiger partial charge in [0.25, 0.3) is 5.91 Å². The van der Waals surface area contributed by atoms with E-state index in [4.69, 9.17) is 16.3 Å². The molecule has 2 rings (SSSR count). The minimum absolute atomic E-state index is 0.0626. The van der Waals surface area contributed by atoms with Crippen LogP contribution in [-0.4, -0.2) is 12.5 Å². The first-order valence-electron chi connectivity index (χ1n) is 4.84. The number of benzene rings is 1. The Morgan fingerprint density at radius 1 is 1.47 bits per heavy atom. The predicted octanol–water partition coefficient (Wildman–Crippen LogP) is 2.79. The lowest BCUT2D eigenvalue weighted by molar-refractivity contribution is -0.118. The molecular weight excluding hydrogens is 214 g/mol. The third-order valence-electron chi connectivity index (χ3n) is 2.34. The van der Waals surface area contributed by atoms with Crippen LogP contribution < -0.4 is 10.1 Å². The Morgan fingerprint density at radius 2 is 2.20 bits per heavy atom. The predicted molar refractivity (Wildman–Crippen MR) is 59.7 cm³/mol. The fourth-order valence-electron chi connectivity index (χ4n) is 1.69. The third kappa shape index (κ3) is 1.79. The van der Waals surface area contributed by atoms with Gasteiger partial charge in [-0.15, -0.1) is 0 Å². The van der Waals surface area contributed by atoms with Gasteiger partial charge in [0.1, 0.15) is 5.75 Å². The van der Waals surface area contributed by atoms with Crippen molar-refractivity contribution >= 4 is 23.2 Å². The number of carbonyl (C=O) groups is 1. The highest BCUT2D eigenvalue weighted by atomic mass is 35.5. The molecule has 0 radical (unpaired) electrons. The molecule has 1 amide bonds. The second-order valence-corrected chi connectivity index (χ2v) is 4.24. The Morgan fingerprint density at radius 3 is 2.87 bits per heavy atom. The fraction of sp³-hybridized carbons (Fsp3) is 0.364. The molecule has 3 nitrogen and oxygen atoms in total. The molecule has 0 aromatic heterocycles. The molecule has 0 fully saturated rings. The number of carbonyl (C=O) groups excluding carboxylic acids is 1. The van der Waals surface area contributed by atoms with Gasteiger partial charge in [0.05, 0.1) is 5.69 Å². The first kappa shape index (κ1) is 10.3. The lowest BCUT2D eigenvalue weighted by atomic mass is 10.0. The molecule has 0 bridgehead atoms. The number of rotatable bonds is 1. The van der Waals surface area contributed by atoms with Gasteiger partial charge in [0.2, 0.25) is 0 Å². The van der Waals surface area contributed by atoms with Gasteiger partial charge >= 0.3 is 0 Å². The summed E-state index contributed by atoms with van der Waals surface area (Å²) < 4.78 is 5.41. The van der Waals surface area contributed by atoms with Crippen molar-refractivity contribution in [3.05, 3.63) is 22.7 Å². The highest BCUT2D eigenvalue weighted by molar-refractivity contribution is 6.31. The lowest BCUT2D eigenvalue weighted by Crippen LogP contribution is -2.26. The van der Waals surface area contributed by atoms with Crippen molar-refractivity contribution in [3.8, 4) is 5.75 Å². The molecular formula is C11H12ClNO2. The largest absolute Gasteiger partial charge is 0.481 e. The van der Waals surface area contributed by atoms with E-state index in [1.54, 1.807) is 12.1 Å². The van der Waals surface area contributed by atoms with Gasteiger partial charge in [0, 0.05) is 10.6 Å². The normalized spacial score (nSPS) is 14.5. The zero-order valence-electron chi connectivity index (χ0n) is 8.63. The smallest absolute Gasteiger partial charge is 0.262 e. The van der Waals surface area contributed by atoms with Gasteiger partial charge in [-0.25, -0.2) is 0 Å². The highest BCUT2D eigenvalue weighted by Gasteiger charge is 2.22. The van der Waals surface area contributed by atoms with E-state index < -0.39 is 0 Å². The van der Waals surface area contributed by atoms with E-state index in [-0.39, 0.29) is 18.4 Å². The molecule has 1 heterocycles. The summed E-state index contributed by atoms with van der Waals surface area (Å²) in [5.41, 5.74) is 1.66. The zero-order chi connectivity index (χ0) is 11.0. The number of halogens is 1. The molecule has 1 aliphatic rings. The summed E-state index contributed by atoms with van der Waals surface area (Å²) in [5, 5.41) is 3.44. The summed E-state index contributed by atoms with van der Waals surface area (Å²) in [4.78, 5) is 11.1. The van der Waals surface area contributed by atoms with Gasteiger partial charge in [0.15, 0.2) is 6.61 Å². The molecule has 0 aliphatic carbocycles. The van der Waals surface area contributed by atoms with E-state index in [0.717, 1.165) is 5.56 Å². The van der Waals surface area contributed by atoms with Gasteiger partial charge in [-0.2, -0.15) is 0 Å².